The fourth-order valence-corrected chi connectivity index (χ4v) is 5.31. The molecular weight excluding hydrogens is 489 g/mol. The monoisotopic (exact) mass is 520 g/mol. The van der Waals surface area contributed by atoms with Gasteiger partial charge in [0.15, 0.2) is 0 Å². The number of carboxylic acid groups (broad SMARTS) is 1. The highest BCUT2D eigenvalue weighted by Gasteiger charge is 2.34. The highest BCUT2D eigenvalue weighted by Crippen LogP contribution is 2.41. The van der Waals surface area contributed by atoms with Gasteiger partial charge in [-0.1, -0.05) is 25.0 Å². The second kappa shape index (κ2) is 11.0. The minimum atomic E-state index is -4.77. The van der Waals surface area contributed by atoms with Crippen molar-refractivity contribution in [1.82, 2.24) is 5.32 Å². The van der Waals surface area contributed by atoms with Crippen LogP contribution in [0.4, 0.5) is 18.9 Å². The maximum absolute atomic E-state index is 13.1. The molecule has 200 valence electrons. The molecule has 2 aliphatic rings. The third-order valence-electron chi connectivity index (χ3n) is 7.18. The van der Waals surface area contributed by atoms with E-state index < -0.39 is 18.4 Å². The topological polar surface area (TPSA) is 88.1 Å². The lowest BCUT2D eigenvalue weighted by Crippen LogP contribution is -2.45. The Balaban J connectivity index is 1.50. The van der Waals surface area contributed by atoms with Crippen molar-refractivity contribution in [3.8, 4) is 11.5 Å². The van der Waals surface area contributed by atoms with E-state index in [0.717, 1.165) is 36.8 Å². The number of carboxylic acids is 1. The molecule has 10 heteroatoms. The molecule has 1 heterocycles. The summed E-state index contributed by atoms with van der Waals surface area (Å²) >= 11 is 0. The summed E-state index contributed by atoms with van der Waals surface area (Å²) in [6.45, 7) is 2.36. The molecule has 0 bridgehead atoms. The van der Waals surface area contributed by atoms with Gasteiger partial charge in [0.1, 0.15) is 18.1 Å². The molecule has 1 fully saturated rings. The SMILES string of the molecule is CN[C@H](CC(=O)O)C(=O)N1CCc2c1ccc(OCc1ccc(C3CCCC3)c(OC(F)(F)F)c1)c2C. The second-order valence-corrected chi connectivity index (χ2v) is 9.56. The molecule has 1 aliphatic heterocycles. The number of rotatable bonds is 9. The maximum Gasteiger partial charge on any atom is 0.573 e. The highest BCUT2D eigenvalue weighted by atomic mass is 19.4. The zero-order chi connectivity index (χ0) is 26.7. The van der Waals surface area contributed by atoms with Crippen LogP contribution in [-0.4, -0.2) is 43.0 Å². The molecule has 7 nitrogen and oxygen atoms in total. The summed E-state index contributed by atoms with van der Waals surface area (Å²) in [7, 11) is 1.55. The Bertz CT molecular complexity index is 1160. The standard InChI is InChI=1S/C27H31F3N2O5/c1-16-19-11-12-32(26(35)21(31-2)14-25(33)34)22(19)9-10-23(16)36-15-17-7-8-20(18-5-3-4-6-18)24(13-17)37-27(28,29)30/h7-10,13,18,21,31H,3-6,11-12,14-15H2,1-2H3,(H,33,34)/t21-/m1/s1. The quantitative estimate of drug-likeness (QED) is 0.480. The van der Waals surface area contributed by atoms with E-state index >= 15 is 0 Å². The smallest absolute Gasteiger partial charge is 0.489 e. The van der Waals surface area contributed by atoms with E-state index in [0.29, 0.717) is 35.5 Å². The van der Waals surface area contributed by atoms with Gasteiger partial charge >= 0.3 is 12.3 Å². The third kappa shape index (κ3) is 6.18. The van der Waals surface area contributed by atoms with Gasteiger partial charge in [-0.3, -0.25) is 9.59 Å². The van der Waals surface area contributed by atoms with Crippen molar-refractivity contribution < 1.29 is 37.3 Å². The fourth-order valence-electron chi connectivity index (χ4n) is 5.31. The van der Waals surface area contributed by atoms with Crippen molar-refractivity contribution in [3.05, 3.63) is 52.6 Å². The largest absolute Gasteiger partial charge is 0.573 e. The van der Waals surface area contributed by atoms with E-state index in [1.165, 1.54) is 6.07 Å². The number of likely N-dealkylation sites (N-methyl/N-ethyl adjacent to an activating group) is 1. The Morgan fingerprint density at radius 2 is 1.89 bits per heavy atom. The van der Waals surface area contributed by atoms with Gasteiger partial charge in [-0.05, 0) is 79.6 Å². The molecular formula is C27H31F3N2O5. The number of hydrogen-bond acceptors (Lipinski definition) is 5. The Morgan fingerprint density at radius 1 is 1.16 bits per heavy atom. The molecule has 1 saturated carbocycles. The number of anilines is 1. The molecule has 2 aromatic rings. The van der Waals surface area contributed by atoms with E-state index in [1.807, 2.05) is 6.92 Å². The van der Waals surface area contributed by atoms with Crippen LogP contribution >= 0.6 is 0 Å². The molecule has 0 radical (unpaired) electrons. The lowest BCUT2D eigenvalue weighted by molar-refractivity contribution is -0.275. The van der Waals surface area contributed by atoms with Crippen molar-refractivity contribution in [2.45, 2.75) is 70.4 Å². The molecule has 2 N–H and O–H groups in total. The van der Waals surface area contributed by atoms with Crippen LogP contribution < -0.4 is 19.7 Å². The highest BCUT2D eigenvalue weighted by molar-refractivity contribution is 6.00. The van der Waals surface area contributed by atoms with Gasteiger partial charge in [-0.2, -0.15) is 0 Å². The number of fused-ring (bicyclic) bond motifs is 1. The number of carbonyl (C=O) groups excluding carboxylic acids is 1. The molecule has 0 spiro atoms. The summed E-state index contributed by atoms with van der Waals surface area (Å²) < 4.78 is 49.6. The van der Waals surface area contributed by atoms with E-state index in [9.17, 15) is 22.8 Å². The number of carbonyl (C=O) groups is 2. The van der Waals surface area contributed by atoms with Gasteiger partial charge in [0.05, 0.1) is 12.5 Å². The third-order valence-corrected chi connectivity index (χ3v) is 7.18. The van der Waals surface area contributed by atoms with Crippen LogP contribution in [0.2, 0.25) is 0 Å². The summed E-state index contributed by atoms with van der Waals surface area (Å²) in [5.41, 5.74) is 3.61. The first-order valence-electron chi connectivity index (χ1n) is 12.4. The van der Waals surface area contributed by atoms with Crippen LogP contribution in [0.3, 0.4) is 0 Å². The maximum atomic E-state index is 13.1. The summed E-state index contributed by atoms with van der Waals surface area (Å²) in [4.78, 5) is 25.6. The van der Waals surface area contributed by atoms with Crippen molar-refractivity contribution in [2.75, 3.05) is 18.5 Å². The van der Waals surface area contributed by atoms with Crippen LogP contribution in [0.5, 0.6) is 11.5 Å². The molecule has 1 amide bonds. The van der Waals surface area contributed by atoms with Gasteiger partial charge in [0.2, 0.25) is 5.91 Å². The van der Waals surface area contributed by atoms with Crippen molar-refractivity contribution in [2.24, 2.45) is 0 Å². The van der Waals surface area contributed by atoms with Gasteiger partial charge in [-0.25, -0.2) is 0 Å². The first-order chi connectivity index (χ1) is 17.6. The molecule has 37 heavy (non-hydrogen) atoms. The summed E-state index contributed by atoms with van der Waals surface area (Å²) in [5.74, 6) is -0.902. The lowest BCUT2D eigenvalue weighted by Gasteiger charge is -2.23. The number of ether oxygens (including phenoxy) is 2. The van der Waals surface area contributed by atoms with Crippen LogP contribution in [0, 0.1) is 6.92 Å². The Morgan fingerprint density at radius 3 is 2.54 bits per heavy atom. The van der Waals surface area contributed by atoms with Crippen LogP contribution in [0.15, 0.2) is 30.3 Å². The first kappa shape index (κ1) is 26.8. The van der Waals surface area contributed by atoms with E-state index in [-0.39, 0.29) is 30.6 Å². The average molecular weight is 521 g/mol. The number of hydrogen-bond donors (Lipinski definition) is 2. The van der Waals surface area contributed by atoms with Crippen molar-refractivity contribution >= 4 is 17.6 Å². The molecule has 0 unspecified atom stereocenters. The van der Waals surface area contributed by atoms with E-state index in [1.54, 1.807) is 36.2 Å². The number of nitrogens with one attached hydrogen (secondary N) is 1. The second-order valence-electron chi connectivity index (χ2n) is 9.56. The predicted octanol–water partition coefficient (Wildman–Crippen LogP) is 5.08. The van der Waals surface area contributed by atoms with Crippen molar-refractivity contribution in [3.63, 3.8) is 0 Å². The number of amides is 1. The fraction of sp³-hybridized carbons (Fsp3) is 0.481. The van der Waals surface area contributed by atoms with E-state index in [2.05, 4.69) is 10.1 Å². The number of benzene rings is 2. The van der Waals surface area contributed by atoms with Crippen LogP contribution in [-0.2, 0) is 22.6 Å². The summed E-state index contributed by atoms with van der Waals surface area (Å²) in [6.07, 6.45) is -0.808. The van der Waals surface area contributed by atoms with Crippen molar-refractivity contribution in [1.29, 1.82) is 0 Å². The first-order valence-corrected chi connectivity index (χ1v) is 12.4. The number of alkyl halides is 3. The number of aliphatic carboxylic acids is 1. The molecule has 2 aromatic carbocycles. The summed E-state index contributed by atoms with van der Waals surface area (Å²) in [5, 5.41) is 11.9. The average Bonchev–Trinajstić information content (AvgIpc) is 3.51. The molecule has 4 rings (SSSR count). The van der Waals surface area contributed by atoms with E-state index in [4.69, 9.17) is 9.84 Å². The molecule has 1 atom stereocenters. The Kier molecular flexibility index (Phi) is 7.96. The minimum absolute atomic E-state index is 0.0574. The van der Waals surface area contributed by atoms with Gasteiger partial charge in [0.25, 0.3) is 0 Å². The molecule has 0 aromatic heterocycles. The Hall–Kier alpha value is -3.27. The normalized spacial score (nSPS) is 16.5. The number of nitrogens with zero attached hydrogens (tertiary/aromatic N) is 1. The minimum Gasteiger partial charge on any atom is -0.489 e. The zero-order valence-corrected chi connectivity index (χ0v) is 20.9. The lowest BCUT2D eigenvalue weighted by atomic mass is 9.95. The number of halogens is 3. The Labute approximate surface area is 213 Å². The van der Waals surface area contributed by atoms with Gasteiger partial charge in [-0.15, -0.1) is 13.2 Å². The summed E-state index contributed by atoms with van der Waals surface area (Å²) in [6, 6.07) is 7.55. The van der Waals surface area contributed by atoms with Gasteiger partial charge < -0.3 is 24.8 Å². The van der Waals surface area contributed by atoms with Crippen LogP contribution in [0.25, 0.3) is 0 Å². The molecule has 1 aliphatic carbocycles. The van der Waals surface area contributed by atoms with Crippen LogP contribution in [0.1, 0.15) is 60.3 Å². The zero-order valence-electron chi connectivity index (χ0n) is 20.9. The van der Waals surface area contributed by atoms with Gasteiger partial charge in [0, 0.05) is 12.2 Å². The molecule has 0 saturated heterocycles. The predicted molar refractivity (Wildman–Crippen MR) is 131 cm³/mol.